The maximum atomic E-state index is 10.6. The van der Waals surface area contributed by atoms with E-state index in [0.29, 0.717) is 0 Å². The molecule has 6 heteroatoms. The summed E-state index contributed by atoms with van der Waals surface area (Å²) in [5.41, 5.74) is 11.0. The maximum absolute atomic E-state index is 10.6. The second-order valence-electron chi connectivity index (χ2n) is 2.84. The number of nitro benzene ring substituents is 1. The first-order chi connectivity index (χ1) is 6.56. The van der Waals surface area contributed by atoms with Gasteiger partial charge in [0.2, 0.25) is 0 Å². The molecule has 1 unspecified atom stereocenters. The van der Waals surface area contributed by atoms with Crippen LogP contribution in [0.2, 0.25) is 0 Å². The molecule has 1 aromatic rings. The number of phenolic OH excluding ortho intramolecular Hbond substituents is 1. The number of hydrogen-bond donors (Lipinski definition) is 3. The van der Waals surface area contributed by atoms with Crippen LogP contribution in [0.4, 0.5) is 5.69 Å². The molecule has 0 radical (unpaired) electrons. The lowest BCUT2D eigenvalue weighted by atomic mass is 10.1. The van der Waals surface area contributed by atoms with Crippen molar-refractivity contribution in [2.75, 3.05) is 6.54 Å². The van der Waals surface area contributed by atoms with Gasteiger partial charge in [0.1, 0.15) is 5.75 Å². The highest BCUT2D eigenvalue weighted by Gasteiger charge is 2.18. The monoisotopic (exact) mass is 197 g/mol. The van der Waals surface area contributed by atoms with E-state index in [9.17, 15) is 10.1 Å². The highest BCUT2D eigenvalue weighted by molar-refractivity contribution is 5.46. The summed E-state index contributed by atoms with van der Waals surface area (Å²) in [4.78, 5) is 10.0. The topological polar surface area (TPSA) is 115 Å². The SMILES string of the molecule is NCC(N)c1cc(O)ccc1[N+](=O)[O-]. The Balaban J connectivity index is 3.22. The van der Waals surface area contributed by atoms with Crippen LogP contribution < -0.4 is 11.5 Å². The van der Waals surface area contributed by atoms with Crippen molar-refractivity contribution in [1.29, 1.82) is 0 Å². The highest BCUT2D eigenvalue weighted by Crippen LogP contribution is 2.26. The zero-order chi connectivity index (χ0) is 10.7. The predicted octanol–water partition coefficient (Wildman–Crippen LogP) is 0.259. The van der Waals surface area contributed by atoms with E-state index in [2.05, 4.69) is 0 Å². The van der Waals surface area contributed by atoms with Crippen molar-refractivity contribution in [1.82, 2.24) is 0 Å². The smallest absolute Gasteiger partial charge is 0.274 e. The Morgan fingerprint density at radius 2 is 2.21 bits per heavy atom. The van der Waals surface area contributed by atoms with Crippen LogP contribution >= 0.6 is 0 Å². The molecule has 0 saturated carbocycles. The van der Waals surface area contributed by atoms with E-state index in [1.807, 2.05) is 0 Å². The van der Waals surface area contributed by atoms with Crippen LogP contribution in [0.15, 0.2) is 18.2 Å². The second kappa shape index (κ2) is 4.03. The number of hydrogen-bond acceptors (Lipinski definition) is 5. The Morgan fingerprint density at radius 3 is 2.71 bits per heavy atom. The molecular formula is C8H11N3O3. The van der Waals surface area contributed by atoms with E-state index >= 15 is 0 Å². The van der Waals surface area contributed by atoms with E-state index in [0.717, 1.165) is 0 Å². The van der Waals surface area contributed by atoms with Gasteiger partial charge in [0.05, 0.1) is 10.5 Å². The van der Waals surface area contributed by atoms with Gasteiger partial charge in [0.15, 0.2) is 0 Å². The third-order valence-electron chi connectivity index (χ3n) is 1.86. The third-order valence-corrected chi connectivity index (χ3v) is 1.86. The van der Waals surface area contributed by atoms with Crippen LogP contribution in [0, 0.1) is 10.1 Å². The summed E-state index contributed by atoms with van der Waals surface area (Å²) in [7, 11) is 0. The summed E-state index contributed by atoms with van der Waals surface area (Å²) in [6.45, 7) is 0.0876. The van der Waals surface area contributed by atoms with Crippen LogP contribution in [0.1, 0.15) is 11.6 Å². The van der Waals surface area contributed by atoms with Crippen LogP contribution in [0.3, 0.4) is 0 Å². The van der Waals surface area contributed by atoms with Crippen LogP contribution in [-0.2, 0) is 0 Å². The molecule has 0 saturated heterocycles. The van der Waals surface area contributed by atoms with Crippen molar-refractivity contribution in [3.8, 4) is 5.75 Å². The lowest BCUT2D eigenvalue weighted by Crippen LogP contribution is -2.21. The average Bonchev–Trinajstić information content (AvgIpc) is 2.16. The van der Waals surface area contributed by atoms with Crippen LogP contribution in [0.25, 0.3) is 0 Å². The number of benzene rings is 1. The fourth-order valence-corrected chi connectivity index (χ4v) is 1.13. The van der Waals surface area contributed by atoms with Gasteiger partial charge in [-0.2, -0.15) is 0 Å². The molecule has 0 aliphatic heterocycles. The van der Waals surface area contributed by atoms with E-state index in [1.165, 1.54) is 18.2 Å². The third kappa shape index (κ3) is 1.98. The largest absolute Gasteiger partial charge is 0.508 e. The van der Waals surface area contributed by atoms with Crippen LogP contribution in [0.5, 0.6) is 5.75 Å². The van der Waals surface area contributed by atoms with Gasteiger partial charge in [-0.05, 0) is 12.1 Å². The Kier molecular flexibility index (Phi) is 3.00. The van der Waals surface area contributed by atoms with E-state index < -0.39 is 11.0 Å². The Hall–Kier alpha value is -1.66. The molecule has 5 N–H and O–H groups in total. The summed E-state index contributed by atoms with van der Waals surface area (Å²) >= 11 is 0. The molecule has 76 valence electrons. The van der Waals surface area contributed by atoms with Gasteiger partial charge >= 0.3 is 0 Å². The van der Waals surface area contributed by atoms with Crippen LogP contribution in [-0.4, -0.2) is 16.6 Å². The van der Waals surface area contributed by atoms with E-state index in [-0.39, 0.29) is 23.5 Å². The predicted molar refractivity (Wildman–Crippen MR) is 50.7 cm³/mol. The number of nitro groups is 1. The molecule has 0 heterocycles. The van der Waals surface area contributed by atoms with Gasteiger partial charge in [-0.25, -0.2) is 0 Å². The summed E-state index contributed by atoms with van der Waals surface area (Å²) in [5.74, 6) is -0.0606. The molecule has 0 aliphatic carbocycles. The number of nitrogens with two attached hydrogens (primary N) is 2. The highest BCUT2D eigenvalue weighted by atomic mass is 16.6. The van der Waals surface area contributed by atoms with Gasteiger partial charge < -0.3 is 16.6 Å². The van der Waals surface area contributed by atoms with Gasteiger partial charge in [0.25, 0.3) is 5.69 Å². The fraction of sp³-hybridized carbons (Fsp3) is 0.250. The molecule has 0 amide bonds. The molecule has 0 spiro atoms. The minimum absolute atomic E-state index is 0.0606. The molecule has 6 nitrogen and oxygen atoms in total. The molecular weight excluding hydrogens is 186 g/mol. The molecule has 1 rings (SSSR count). The quantitative estimate of drug-likeness (QED) is 0.474. The summed E-state index contributed by atoms with van der Waals surface area (Å²) in [6, 6.07) is 3.07. The van der Waals surface area contributed by atoms with Gasteiger partial charge in [0, 0.05) is 18.7 Å². The zero-order valence-electron chi connectivity index (χ0n) is 7.38. The van der Waals surface area contributed by atoms with Gasteiger partial charge in [-0.1, -0.05) is 0 Å². The normalized spacial score (nSPS) is 12.4. The van der Waals surface area contributed by atoms with Crippen molar-refractivity contribution >= 4 is 5.69 Å². The van der Waals surface area contributed by atoms with Crippen molar-refractivity contribution < 1.29 is 10.0 Å². The number of nitrogens with zero attached hydrogens (tertiary/aromatic N) is 1. The Morgan fingerprint density at radius 1 is 1.57 bits per heavy atom. The van der Waals surface area contributed by atoms with Gasteiger partial charge in [-0.3, -0.25) is 10.1 Å². The standard InChI is InChI=1S/C8H11N3O3/c9-4-7(10)6-3-5(12)1-2-8(6)11(13)14/h1-3,7,12H,4,9-10H2. The number of aromatic hydroxyl groups is 1. The molecule has 0 aromatic heterocycles. The maximum Gasteiger partial charge on any atom is 0.274 e. The lowest BCUT2D eigenvalue weighted by molar-refractivity contribution is -0.385. The first-order valence-electron chi connectivity index (χ1n) is 3.99. The molecule has 0 fully saturated rings. The number of rotatable bonds is 3. The molecule has 0 bridgehead atoms. The summed E-state index contributed by atoms with van der Waals surface area (Å²) < 4.78 is 0. The Labute approximate surface area is 80.3 Å². The summed E-state index contributed by atoms with van der Waals surface area (Å²) in [5, 5.41) is 19.7. The molecule has 0 aliphatic rings. The van der Waals surface area contributed by atoms with Crippen molar-refractivity contribution in [2.45, 2.75) is 6.04 Å². The average molecular weight is 197 g/mol. The fourth-order valence-electron chi connectivity index (χ4n) is 1.13. The van der Waals surface area contributed by atoms with Crippen molar-refractivity contribution in [3.63, 3.8) is 0 Å². The first kappa shape index (κ1) is 10.4. The zero-order valence-corrected chi connectivity index (χ0v) is 7.38. The minimum Gasteiger partial charge on any atom is -0.508 e. The second-order valence-corrected chi connectivity index (χ2v) is 2.84. The molecule has 1 atom stereocenters. The van der Waals surface area contributed by atoms with Gasteiger partial charge in [-0.15, -0.1) is 0 Å². The molecule has 1 aromatic carbocycles. The number of phenols is 1. The van der Waals surface area contributed by atoms with Crippen molar-refractivity contribution in [3.05, 3.63) is 33.9 Å². The lowest BCUT2D eigenvalue weighted by Gasteiger charge is -2.09. The summed E-state index contributed by atoms with van der Waals surface area (Å²) in [6.07, 6.45) is 0. The van der Waals surface area contributed by atoms with Crippen molar-refractivity contribution in [2.24, 2.45) is 11.5 Å². The minimum atomic E-state index is -0.637. The molecule has 14 heavy (non-hydrogen) atoms. The first-order valence-corrected chi connectivity index (χ1v) is 3.99. The Bertz CT molecular complexity index is 354. The van der Waals surface area contributed by atoms with E-state index in [1.54, 1.807) is 0 Å². The van der Waals surface area contributed by atoms with E-state index in [4.69, 9.17) is 16.6 Å².